The monoisotopic (exact) mass is 481 g/mol. The molecule has 0 aliphatic carbocycles. The van der Waals surface area contributed by atoms with Gasteiger partial charge in [0.15, 0.2) is 0 Å². The number of nitro groups is 1. The number of nitro benzene ring substituents is 1. The fourth-order valence-corrected chi connectivity index (χ4v) is 3.47. The van der Waals surface area contributed by atoms with Crippen molar-refractivity contribution < 1.29 is 76.3 Å². The van der Waals surface area contributed by atoms with Gasteiger partial charge in [-0.2, -0.15) is 0 Å². The molecule has 0 aliphatic rings. The first-order valence-electron chi connectivity index (χ1n) is 8.05. The van der Waals surface area contributed by atoms with E-state index in [2.05, 4.69) is 10.0 Å². The first-order valence-corrected chi connectivity index (χ1v) is 9.49. The van der Waals surface area contributed by atoms with Gasteiger partial charge in [0, 0.05) is 11.8 Å². The Morgan fingerprint density at radius 3 is 2.17 bits per heavy atom. The third-order valence-corrected chi connectivity index (χ3v) is 5.06. The van der Waals surface area contributed by atoms with Crippen LogP contribution in [-0.4, -0.2) is 19.2 Å². The maximum atomic E-state index is 12.5. The van der Waals surface area contributed by atoms with Crippen LogP contribution in [0.2, 0.25) is 0 Å². The fraction of sp³-hybridized carbons (Fsp3) is 0. The molecule has 0 fully saturated rings. The number of carbonyl (C=O) groups excluding carboxylic acids is 1. The molecule has 0 saturated heterocycles. The van der Waals surface area contributed by atoms with Gasteiger partial charge in [-0.1, -0.05) is 48.5 Å². The maximum Gasteiger partial charge on any atom is 1.00 e. The third-order valence-electron chi connectivity index (χ3n) is 3.76. The molecule has 10 heteroatoms. The molecule has 0 spiro atoms. The molecule has 0 atom stereocenters. The number of sulfonamides is 1. The van der Waals surface area contributed by atoms with E-state index in [1.165, 1.54) is 48.5 Å². The van der Waals surface area contributed by atoms with Crippen molar-refractivity contribution in [3.8, 4) is 0 Å². The molecule has 142 valence electrons. The quantitative estimate of drug-likeness (QED) is 0.419. The Morgan fingerprint density at radius 1 is 0.897 bits per heavy atom. The van der Waals surface area contributed by atoms with E-state index < -0.39 is 20.9 Å². The van der Waals surface area contributed by atoms with Gasteiger partial charge in [0.1, 0.15) is 15.6 Å². The van der Waals surface area contributed by atoms with Crippen molar-refractivity contribution in [1.29, 1.82) is 0 Å². The van der Waals surface area contributed by atoms with Crippen LogP contribution < -0.4 is 63.5 Å². The number of anilines is 1. The van der Waals surface area contributed by atoms with E-state index in [0.29, 0.717) is 0 Å². The number of para-hydroxylation sites is 2. The summed E-state index contributed by atoms with van der Waals surface area (Å²) in [7, 11) is -3.99. The van der Waals surface area contributed by atoms with Crippen LogP contribution in [0.15, 0.2) is 83.8 Å². The Morgan fingerprint density at radius 2 is 1.48 bits per heavy atom. The number of hydrogen-bond donors (Lipinski definition) is 1. The Hall–Kier alpha value is -1.91. The number of carbonyl (C=O) groups is 1. The number of benzene rings is 3. The molecular formula is C19H14N3O5RbS. The summed E-state index contributed by atoms with van der Waals surface area (Å²) in [5.74, 6) is -0.743. The Labute approximate surface area is 216 Å². The predicted octanol–water partition coefficient (Wildman–Crippen LogP) is 1.25. The van der Waals surface area contributed by atoms with Crippen molar-refractivity contribution in [3.63, 3.8) is 0 Å². The topological polar surface area (TPSA) is 120 Å². The number of rotatable bonds is 6. The normalized spacial score (nSPS) is 10.5. The summed E-state index contributed by atoms with van der Waals surface area (Å²) >= 11 is 0. The Kier molecular flexibility index (Phi) is 8.23. The fourth-order valence-electron chi connectivity index (χ4n) is 2.45. The molecule has 0 aromatic heterocycles. The van der Waals surface area contributed by atoms with Crippen molar-refractivity contribution in [2.75, 3.05) is 5.32 Å². The molecule has 3 rings (SSSR count). The van der Waals surface area contributed by atoms with Gasteiger partial charge in [-0.15, -0.1) is 5.69 Å². The van der Waals surface area contributed by atoms with Crippen LogP contribution in [0.4, 0.5) is 17.1 Å². The zero-order valence-corrected chi connectivity index (χ0v) is 21.1. The van der Waals surface area contributed by atoms with Crippen molar-refractivity contribution >= 4 is 33.0 Å². The Balaban J connectivity index is 0.00000300. The van der Waals surface area contributed by atoms with Crippen molar-refractivity contribution in [3.05, 3.63) is 99.3 Å². The predicted molar refractivity (Wildman–Crippen MR) is 104 cm³/mol. The first kappa shape index (κ1) is 23.4. The van der Waals surface area contributed by atoms with Gasteiger partial charge < -0.3 is 10.0 Å². The van der Waals surface area contributed by atoms with Crippen LogP contribution in [0.3, 0.4) is 0 Å². The number of nitrogens with one attached hydrogen (secondary N) is 1. The second-order valence-electron chi connectivity index (χ2n) is 5.62. The molecule has 1 amide bonds. The van der Waals surface area contributed by atoms with E-state index in [9.17, 15) is 23.3 Å². The number of nitrogens with zero attached hydrogens (tertiary/aromatic N) is 2. The summed E-state index contributed by atoms with van der Waals surface area (Å²) in [6, 6.07) is 19.2. The number of hydrogen-bond acceptors (Lipinski definition) is 5. The summed E-state index contributed by atoms with van der Waals surface area (Å²) in [4.78, 5) is 23.0. The van der Waals surface area contributed by atoms with Crippen molar-refractivity contribution in [1.82, 2.24) is 0 Å². The Bertz CT molecular complexity index is 1140. The first-order chi connectivity index (χ1) is 13.4. The molecule has 3 aromatic carbocycles. The van der Waals surface area contributed by atoms with Gasteiger partial charge in [-0.3, -0.25) is 14.9 Å². The summed E-state index contributed by atoms with van der Waals surface area (Å²) < 4.78 is 28.8. The largest absolute Gasteiger partial charge is 1.00 e. The minimum atomic E-state index is -3.99. The van der Waals surface area contributed by atoms with E-state index in [-0.39, 0.29) is 85.7 Å². The molecule has 0 heterocycles. The van der Waals surface area contributed by atoms with Crippen LogP contribution in [0.5, 0.6) is 0 Å². The van der Waals surface area contributed by atoms with E-state index in [1.807, 2.05) is 0 Å². The summed E-state index contributed by atoms with van der Waals surface area (Å²) in [5, 5.41) is 13.6. The minimum Gasteiger partial charge on any atom is -0.571 e. The maximum absolute atomic E-state index is 12.5. The van der Waals surface area contributed by atoms with Crippen LogP contribution in [0, 0.1) is 10.1 Å². The molecule has 0 aliphatic heterocycles. The average molecular weight is 482 g/mol. The van der Waals surface area contributed by atoms with Gasteiger partial charge in [-0.05, 0) is 24.3 Å². The second kappa shape index (κ2) is 10.2. The number of amides is 1. The van der Waals surface area contributed by atoms with Gasteiger partial charge >= 0.3 is 58.2 Å². The SMILES string of the molecule is O=C(Nc1ccccc1[N-]S(=O)(=O)c1ccccc1)c1ccccc1[N+](=O)[O-].[Rb+]. The molecule has 1 N–H and O–H groups in total. The van der Waals surface area contributed by atoms with Crippen LogP contribution in [0.1, 0.15) is 10.4 Å². The van der Waals surface area contributed by atoms with E-state index in [4.69, 9.17) is 0 Å². The van der Waals surface area contributed by atoms with Crippen LogP contribution in [0.25, 0.3) is 4.72 Å². The van der Waals surface area contributed by atoms with Gasteiger partial charge in [0.25, 0.3) is 11.6 Å². The van der Waals surface area contributed by atoms with E-state index in [0.717, 1.165) is 0 Å². The van der Waals surface area contributed by atoms with E-state index >= 15 is 0 Å². The standard InChI is InChI=1S/C19H14N3O5S.Rb/c23-19(15-10-4-7-13-18(15)22(24)25)20-16-11-5-6-12-17(16)21-28(26,27)14-8-2-1-3-9-14;/h1-13H,(H,20,23);/q-1;+1. The van der Waals surface area contributed by atoms with Gasteiger partial charge in [0.05, 0.1) is 9.82 Å². The molecule has 0 radical (unpaired) electrons. The molecular weight excluding hydrogens is 468 g/mol. The minimum absolute atomic E-state index is 0. The smallest absolute Gasteiger partial charge is 0.571 e. The summed E-state index contributed by atoms with van der Waals surface area (Å²) in [6.07, 6.45) is 0. The van der Waals surface area contributed by atoms with E-state index in [1.54, 1.807) is 30.3 Å². The molecule has 0 saturated carbocycles. The zero-order valence-electron chi connectivity index (χ0n) is 15.3. The van der Waals surface area contributed by atoms with Gasteiger partial charge in [0.2, 0.25) is 0 Å². The third kappa shape index (κ3) is 5.80. The molecule has 29 heavy (non-hydrogen) atoms. The zero-order chi connectivity index (χ0) is 20.1. The molecule has 8 nitrogen and oxygen atoms in total. The van der Waals surface area contributed by atoms with Crippen molar-refractivity contribution in [2.45, 2.75) is 4.90 Å². The molecule has 0 unspecified atom stereocenters. The van der Waals surface area contributed by atoms with Gasteiger partial charge in [-0.25, -0.2) is 8.42 Å². The average Bonchev–Trinajstić information content (AvgIpc) is 2.70. The summed E-state index contributed by atoms with van der Waals surface area (Å²) in [6.45, 7) is 0. The van der Waals surface area contributed by atoms with Crippen LogP contribution in [-0.2, 0) is 10.0 Å². The second-order valence-corrected chi connectivity index (χ2v) is 7.23. The molecule has 3 aromatic rings. The summed E-state index contributed by atoms with van der Waals surface area (Å²) in [5.41, 5.74) is -0.372. The van der Waals surface area contributed by atoms with Crippen LogP contribution >= 0.6 is 0 Å². The molecule has 0 bridgehead atoms. The van der Waals surface area contributed by atoms with Crippen molar-refractivity contribution in [2.24, 2.45) is 0 Å².